The van der Waals surface area contributed by atoms with Gasteiger partial charge < -0.3 is 25.0 Å². The third kappa shape index (κ3) is 4.62. The van der Waals surface area contributed by atoms with Gasteiger partial charge in [-0.15, -0.1) is 0 Å². The summed E-state index contributed by atoms with van der Waals surface area (Å²) < 4.78 is 11.4. The van der Waals surface area contributed by atoms with E-state index in [1.807, 2.05) is 49.4 Å². The third-order valence-electron chi connectivity index (χ3n) is 4.97. The van der Waals surface area contributed by atoms with Gasteiger partial charge in [-0.1, -0.05) is 12.1 Å². The quantitative estimate of drug-likeness (QED) is 0.806. The average molecular weight is 395 g/mol. The second kappa shape index (κ2) is 8.43. The van der Waals surface area contributed by atoms with Crippen LogP contribution in [0.4, 0.5) is 16.2 Å². The van der Waals surface area contributed by atoms with Gasteiger partial charge in [-0.05, 0) is 50.1 Å². The zero-order valence-corrected chi connectivity index (χ0v) is 16.4. The van der Waals surface area contributed by atoms with Gasteiger partial charge in [0.15, 0.2) is 0 Å². The van der Waals surface area contributed by atoms with E-state index in [-0.39, 0.29) is 17.9 Å². The molecule has 3 amide bonds. The van der Waals surface area contributed by atoms with Crippen molar-refractivity contribution >= 4 is 23.3 Å². The molecule has 0 aromatic heterocycles. The Morgan fingerprint density at radius 1 is 1.17 bits per heavy atom. The first kappa shape index (κ1) is 19.1. The van der Waals surface area contributed by atoms with Crippen molar-refractivity contribution in [2.75, 3.05) is 30.4 Å². The molecule has 29 heavy (non-hydrogen) atoms. The molecule has 7 heteroatoms. The summed E-state index contributed by atoms with van der Waals surface area (Å²) in [5.74, 6) is 1.57. The second-order valence-corrected chi connectivity index (χ2v) is 7.22. The molecule has 0 radical (unpaired) electrons. The number of benzene rings is 2. The highest BCUT2D eigenvalue weighted by atomic mass is 16.5. The van der Waals surface area contributed by atoms with Gasteiger partial charge in [-0.2, -0.15) is 0 Å². The smallest absolute Gasteiger partial charge is 0.322 e. The standard InChI is InChI=1S/C22H25N3O4/c1-2-28-20-6-4-3-5-18(20)24-22(27)25-11-12-29-19-10-9-17(13-16(19)14-25)23-21(26)15-7-8-15/h3-6,9-10,13,15H,2,7-8,11-12,14H2,1H3,(H,23,26)(H,24,27). The van der Waals surface area contributed by atoms with Gasteiger partial charge in [0, 0.05) is 17.2 Å². The molecule has 0 atom stereocenters. The van der Waals surface area contributed by atoms with Crippen molar-refractivity contribution in [2.45, 2.75) is 26.3 Å². The Labute approximate surface area is 170 Å². The fraction of sp³-hybridized carbons (Fsp3) is 0.364. The number of anilines is 2. The SMILES string of the molecule is CCOc1ccccc1NC(=O)N1CCOc2ccc(NC(=O)C3CC3)cc2C1. The van der Waals surface area contributed by atoms with Gasteiger partial charge >= 0.3 is 6.03 Å². The number of ether oxygens (including phenoxy) is 2. The van der Waals surface area contributed by atoms with Crippen LogP contribution in [0, 0.1) is 5.92 Å². The topological polar surface area (TPSA) is 79.9 Å². The maximum absolute atomic E-state index is 12.9. The minimum atomic E-state index is -0.221. The maximum Gasteiger partial charge on any atom is 0.322 e. The van der Waals surface area contributed by atoms with Crippen molar-refractivity contribution < 1.29 is 19.1 Å². The molecule has 0 unspecified atom stereocenters. The van der Waals surface area contributed by atoms with E-state index in [1.54, 1.807) is 4.90 Å². The molecule has 1 saturated carbocycles. The Hall–Kier alpha value is -3.22. The number of nitrogens with one attached hydrogen (secondary N) is 2. The van der Waals surface area contributed by atoms with Crippen LogP contribution in [0.5, 0.6) is 11.5 Å². The molecular formula is C22H25N3O4. The molecule has 2 aliphatic rings. The molecule has 2 aromatic rings. The number of fused-ring (bicyclic) bond motifs is 1. The van der Waals surface area contributed by atoms with Crippen LogP contribution in [0.15, 0.2) is 42.5 Å². The molecule has 1 heterocycles. The molecular weight excluding hydrogens is 370 g/mol. The van der Waals surface area contributed by atoms with E-state index < -0.39 is 0 Å². The Bertz CT molecular complexity index is 911. The summed E-state index contributed by atoms with van der Waals surface area (Å²) in [7, 11) is 0. The van der Waals surface area contributed by atoms with E-state index in [9.17, 15) is 9.59 Å². The number of urea groups is 1. The lowest BCUT2D eigenvalue weighted by atomic mass is 10.1. The first-order valence-corrected chi connectivity index (χ1v) is 9.98. The van der Waals surface area contributed by atoms with Gasteiger partial charge in [-0.3, -0.25) is 4.79 Å². The molecule has 0 spiro atoms. The van der Waals surface area contributed by atoms with Crippen molar-refractivity contribution in [1.29, 1.82) is 0 Å². The highest BCUT2D eigenvalue weighted by Gasteiger charge is 2.30. The van der Waals surface area contributed by atoms with Gasteiger partial charge in [0.25, 0.3) is 0 Å². The lowest BCUT2D eigenvalue weighted by molar-refractivity contribution is -0.117. The van der Waals surface area contributed by atoms with E-state index in [4.69, 9.17) is 9.47 Å². The molecule has 152 valence electrons. The van der Waals surface area contributed by atoms with Gasteiger partial charge in [0.1, 0.15) is 18.1 Å². The molecule has 1 fully saturated rings. The number of carbonyl (C=O) groups excluding carboxylic acids is 2. The predicted octanol–water partition coefficient (Wildman–Crippen LogP) is 3.86. The molecule has 2 aromatic carbocycles. The summed E-state index contributed by atoms with van der Waals surface area (Å²) >= 11 is 0. The van der Waals surface area contributed by atoms with Crippen LogP contribution in [-0.2, 0) is 11.3 Å². The van der Waals surface area contributed by atoms with Crippen molar-refractivity contribution in [1.82, 2.24) is 4.90 Å². The van der Waals surface area contributed by atoms with Crippen LogP contribution < -0.4 is 20.1 Å². The number of hydrogen-bond acceptors (Lipinski definition) is 4. The van der Waals surface area contributed by atoms with E-state index >= 15 is 0 Å². The molecule has 1 aliphatic carbocycles. The van der Waals surface area contributed by atoms with Gasteiger partial charge in [-0.25, -0.2) is 4.79 Å². The van der Waals surface area contributed by atoms with Crippen molar-refractivity contribution in [3.63, 3.8) is 0 Å². The number of rotatable bonds is 5. The van der Waals surface area contributed by atoms with Crippen LogP contribution in [0.3, 0.4) is 0 Å². The molecule has 0 saturated heterocycles. The average Bonchev–Trinajstić information content (AvgIpc) is 3.56. The summed E-state index contributed by atoms with van der Waals surface area (Å²) in [6, 6.07) is 12.7. The molecule has 4 rings (SSSR count). The van der Waals surface area contributed by atoms with Crippen LogP contribution >= 0.6 is 0 Å². The van der Waals surface area contributed by atoms with Gasteiger partial charge in [0.05, 0.1) is 25.4 Å². The number of hydrogen-bond donors (Lipinski definition) is 2. The first-order chi connectivity index (χ1) is 14.1. The monoisotopic (exact) mass is 395 g/mol. The Morgan fingerprint density at radius 2 is 2.00 bits per heavy atom. The zero-order valence-electron chi connectivity index (χ0n) is 16.4. The van der Waals surface area contributed by atoms with Gasteiger partial charge in [0.2, 0.25) is 5.91 Å². The van der Waals surface area contributed by atoms with Crippen molar-refractivity contribution in [3.05, 3.63) is 48.0 Å². The lowest BCUT2D eigenvalue weighted by Crippen LogP contribution is -2.36. The molecule has 2 N–H and O–H groups in total. The molecule has 1 aliphatic heterocycles. The normalized spacial score (nSPS) is 15.6. The summed E-state index contributed by atoms with van der Waals surface area (Å²) in [6.07, 6.45) is 1.91. The number of nitrogens with zero attached hydrogens (tertiary/aromatic N) is 1. The van der Waals surface area contributed by atoms with E-state index in [0.717, 1.165) is 29.8 Å². The van der Waals surface area contributed by atoms with Crippen molar-refractivity contribution in [2.24, 2.45) is 5.92 Å². The Balaban J connectivity index is 1.47. The maximum atomic E-state index is 12.9. The van der Waals surface area contributed by atoms with Crippen LogP contribution in [0.1, 0.15) is 25.3 Å². The molecule has 7 nitrogen and oxygen atoms in total. The third-order valence-corrected chi connectivity index (χ3v) is 4.97. The largest absolute Gasteiger partial charge is 0.492 e. The Morgan fingerprint density at radius 3 is 2.79 bits per heavy atom. The van der Waals surface area contributed by atoms with Crippen LogP contribution in [0.2, 0.25) is 0 Å². The van der Waals surface area contributed by atoms with Crippen molar-refractivity contribution in [3.8, 4) is 11.5 Å². The van der Waals surface area contributed by atoms with E-state index in [0.29, 0.717) is 37.7 Å². The van der Waals surface area contributed by atoms with E-state index in [2.05, 4.69) is 10.6 Å². The molecule has 0 bridgehead atoms. The Kier molecular flexibility index (Phi) is 5.55. The lowest BCUT2D eigenvalue weighted by Gasteiger charge is -2.21. The number of amides is 3. The summed E-state index contributed by atoms with van der Waals surface area (Å²) in [5, 5.41) is 5.88. The summed E-state index contributed by atoms with van der Waals surface area (Å²) in [4.78, 5) is 26.6. The predicted molar refractivity (Wildman–Crippen MR) is 110 cm³/mol. The summed E-state index contributed by atoms with van der Waals surface area (Å²) in [5.41, 5.74) is 2.23. The van der Waals surface area contributed by atoms with E-state index in [1.165, 1.54) is 0 Å². The highest BCUT2D eigenvalue weighted by molar-refractivity contribution is 5.94. The second-order valence-electron chi connectivity index (χ2n) is 7.22. The number of para-hydroxylation sites is 2. The summed E-state index contributed by atoms with van der Waals surface area (Å²) in [6.45, 7) is 3.68. The first-order valence-electron chi connectivity index (χ1n) is 9.98. The fourth-order valence-electron chi connectivity index (χ4n) is 3.28. The minimum absolute atomic E-state index is 0.0571. The zero-order chi connectivity index (χ0) is 20.2. The van der Waals surface area contributed by atoms with Crippen LogP contribution in [-0.4, -0.2) is 36.6 Å². The van der Waals surface area contributed by atoms with Crippen LogP contribution in [0.25, 0.3) is 0 Å². The highest BCUT2D eigenvalue weighted by Crippen LogP contribution is 2.32. The fourth-order valence-corrected chi connectivity index (χ4v) is 3.28. The number of carbonyl (C=O) groups is 2. The minimum Gasteiger partial charge on any atom is -0.492 e.